The highest BCUT2D eigenvalue weighted by atomic mass is 16.5. The number of nitriles is 1. The van der Waals surface area contributed by atoms with E-state index in [1.165, 1.54) is 0 Å². The normalized spacial score (nSPS) is 11.5. The average Bonchev–Trinajstić information content (AvgIpc) is 2.59. The minimum Gasteiger partial charge on any atom is -0.493 e. The van der Waals surface area contributed by atoms with Gasteiger partial charge in [-0.1, -0.05) is 18.2 Å². The molecule has 2 aromatic rings. The molecule has 0 heterocycles. The molecule has 4 nitrogen and oxygen atoms in total. The van der Waals surface area contributed by atoms with Crippen LogP contribution in [0.15, 0.2) is 42.5 Å². The zero-order chi connectivity index (χ0) is 15.9. The summed E-state index contributed by atoms with van der Waals surface area (Å²) in [5.74, 6) is 1.60. The molecule has 0 aromatic heterocycles. The van der Waals surface area contributed by atoms with Gasteiger partial charge in [-0.25, -0.2) is 0 Å². The molecule has 0 radical (unpaired) electrons. The lowest BCUT2D eigenvalue weighted by Crippen LogP contribution is -2.15. The predicted molar refractivity (Wildman–Crippen MR) is 86.2 cm³/mol. The van der Waals surface area contributed by atoms with Crippen LogP contribution in [0.1, 0.15) is 22.6 Å². The number of hydrogen-bond donors (Lipinski definition) is 1. The summed E-state index contributed by atoms with van der Waals surface area (Å²) < 4.78 is 10.6. The molecule has 114 valence electrons. The van der Waals surface area contributed by atoms with Crippen LogP contribution in [0, 0.1) is 11.3 Å². The van der Waals surface area contributed by atoms with Crippen molar-refractivity contribution in [2.24, 2.45) is 5.73 Å². The van der Waals surface area contributed by atoms with Gasteiger partial charge in [-0.2, -0.15) is 5.26 Å². The topological polar surface area (TPSA) is 68.3 Å². The smallest absolute Gasteiger partial charge is 0.160 e. The van der Waals surface area contributed by atoms with E-state index in [-0.39, 0.29) is 5.92 Å². The first kappa shape index (κ1) is 15.9. The van der Waals surface area contributed by atoms with Gasteiger partial charge in [-0.15, -0.1) is 0 Å². The fourth-order valence-electron chi connectivity index (χ4n) is 2.44. The summed E-state index contributed by atoms with van der Waals surface area (Å²) in [4.78, 5) is 0. The number of hydrogen-bond acceptors (Lipinski definition) is 4. The maximum absolute atomic E-state index is 8.85. The van der Waals surface area contributed by atoms with Gasteiger partial charge in [0.15, 0.2) is 11.5 Å². The Bertz CT molecular complexity index is 660. The molecule has 0 bridgehead atoms. The van der Waals surface area contributed by atoms with Crippen LogP contribution in [0.2, 0.25) is 0 Å². The minimum absolute atomic E-state index is 0.188. The molecule has 0 saturated carbocycles. The van der Waals surface area contributed by atoms with E-state index >= 15 is 0 Å². The van der Waals surface area contributed by atoms with Gasteiger partial charge in [0.05, 0.1) is 25.9 Å². The Morgan fingerprint density at radius 2 is 1.73 bits per heavy atom. The van der Waals surface area contributed by atoms with Crippen molar-refractivity contribution in [2.75, 3.05) is 20.8 Å². The fraction of sp³-hybridized carbons (Fsp3) is 0.278. The summed E-state index contributed by atoms with van der Waals surface area (Å²) >= 11 is 0. The second-order valence-corrected chi connectivity index (χ2v) is 5.06. The zero-order valence-corrected chi connectivity index (χ0v) is 12.9. The molecule has 2 N–H and O–H groups in total. The van der Waals surface area contributed by atoms with Crippen LogP contribution < -0.4 is 15.2 Å². The molecular formula is C18H20N2O2. The predicted octanol–water partition coefficient (Wildman–Crippen LogP) is 2.86. The van der Waals surface area contributed by atoms with E-state index in [1.807, 2.05) is 42.5 Å². The van der Waals surface area contributed by atoms with Crippen molar-refractivity contribution in [1.29, 1.82) is 5.26 Å². The molecule has 1 atom stereocenters. The van der Waals surface area contributed by atoms with E-state index in [1.54, 1.807) is 14.2 Å². The first-order chi connectivity index (χ1) is 10.7. The number of rotatable bonds is 6. The van der Waals surface area contributed by atoms with Crippen LogP contribution in [0.5, 0.6) is 11.5 Å². The monoisotopic (exact) mass is 296 g/mol. The van der Waals surface area contributed by atoms with Crippen LogP contribution in [0.4, 0.5) is 0 Å². The molecule has 0 aliphatic rings. The van der Waals surface area contributed by atoms with Gasteiger partial charge >= 0.3 is 0 Å². The average molecular weight is 296 g/mol. The van der Waals surface area contributed by atoms with Crippen LogP contribution in [0.3, 0.4) is 0 Å². The highest BCUT2D eigenvalue weighted by molar-refractivity contribution is 5.44. The molecule has 4 heteroatoms. The summed E-state index contributed by atoms with van der Waals surface area (Å²) in [5, 5.41) is 8.85. The van der Waals surface area contributed by atoms with Gasteiger partial charge in [0.1, 0.15) is 0 Å². The molecule has 0 aliphatic carbocycles. The summed E-state index contributed by atoms with van der Waals surface area (Å²) in [6, 6.07) is 15.6. The van der Waals surface area contributed by atoms with E-state index in [0.717, 1.165) is 17.5 Å². The summed E-state index contributed by atoms with van der Waals surface area (Å²) in [6.45, 7) is 0.537. The lowest BCUT2D eigenvalue weighted by atomic mass is 9.91. The Kier molecular flexibility index (Phi) is 5.40. The van der Waals surface area contributed by atoms with Crippen molar-refractivity contribution >= 4 is 0 Å². The van der Waals surface area contributed by atoms with Crippen LogP contribution in [0.25, 0.3) is 0 Å². The van der Waals surface area contributed by atoms with Gasteiger partial charge in [0.25, 0.3) is 0 Å². The van der Waals surface area contributed by atoms with E-state index in [2.05, 4.69) is 6.07 Å². The third-order valence-corrected chi connectivity index (χ3v) is 3.73. The Balaban J connectivity index is 2.22. The quantitative estimate of drug-likeness (QED) is 0.890. The number of benzene rings is 2. The molecule has 0 saturated heterocycles. The lowest BCUT2D eigenvalue weighted by molar-refractivity contribution is 0.354. The van der Waals surface area contributed by atoms with Gasteiger partial charge in [0.2, 0.25) is 0 Å². The SMILES string of the molecule is COc1ccc(C(CN)Cc2ccc(C#N)cc2)cc1OC. The largest absolute Gasteiger partial charge is 0.493 e. The third-order valence-electron chi connectivity index (χ3n) is 3.73. The van der Waals surface area contributed by atoms with Crippen molar-refractivity contribution < 1.29 is 9.47 Å². The number of ether oxygens (including phenoxy) is 2. The highest BCUT2D eigenvalue weighted by Crippen LogP contribution is 2.31. The summed E-state index contributed by atoms with van der Waals surface area (Å²) in [5.41, 5.74) is 8.88. The van der Waals surface area contributed by atoms with E-state index in [0.29, 0.717) is 23.6 Å². The summed E-state index contributed by atoms with van der Waals surface area (Å²) in [6.07, 6.45) is 0.817. The van der Waals surface area contributed by atoms with Crippen LogP contribution >= 0.6 is 0 Å². The first-order valence-electron chi connectivity index (χ1n) is 7.12. The Hall–Kier alpha value is -2.51. The molecule has 0 amide bonds. The molecule has 2 aromatic carbocycles. The lowest BCUT2D eigenvalue weighted by Gasteiger charge is -2.17. The Labute approximate surface area is 131 Å². The van der Waals surface area contributed by atoms with Gasteiger partial charge in [-0.05, 0) is 48.4 Å². The minimum atomic E-state index is 0.188. The molecule has 1 unspecified atom stereocenters. The molecule has 2 rings (SSSR count). The third kappa shape index (κ3) is 3.57. The second kappa shape index (κ2) is 7.48. The van der Waals surface area contributed by atoms with E-state index < -0.39 is 0 Å². The molecule has 0 aliphatic heterocycles. The fourth-order valence-corrected chi connectivity index (χ4v) is 2.44. The number of nitrogens with zero attached hydrogens (tertiary/aromatic N) is 1. The van der Waals surface area contributed by atoms with Crippen molar-refractivity contribution in [3.63, 3.8) is 0 Å². The van der Waals surface area contributed by atoms with Crippen LogP contribution in [-0.2, 0) is 6.42 Å². The van der Waals surface area contributed by atoms with Crippen molar-refractivity contribution in [3.05, 3.63) is 59.2 Å². The van der Waals surface area contributed by atoms with Crippen molar-refractivity contribution in [3.8, 4) is 17.6 Å². The maximum atomic E-state index is 8.85. The van der Waals surface area contributed by atoms with Crippen molar-refractivity contribution in [2.45, 2.75) is 12.3 Å². The Morgan fingerprint density at radius 3 is 2.27 bits per heavy atom. The van der Waals surface area contributed by atoms with E-state index in [9.17, 15) is 0 Å². The van der Waals surface area contributed by atoms with Crippen molar-refractivity contribution in [1.82, 2.24) is 0 Å². The second-order valence-electron chi connectivity index (χ2n) is 5.06. The van der Waals surface area contributed by atoms with Gasteiger partial charge in [-0.3, -0.25) is 0 Å². The summed E-state index contributed by atoms with van der Waals surface area (Å²) in [7, 11) is 3.24. The van der Waals surface area contributed by atoms with Gasteiger partial charge in [0, 0.05) is 5.92 Å². The maximum Gasteiger partial charge on any atom is 0.160 e. The molecule has 22 heavy (non-hydrogen) atoms. The molecule has 0 fully saturated rings. The standard InChI is InChI=1S/C18H20N2O2/c1-21-17-8-7-15(10-18(17)22-2)16(12-20)9-13-3-5-14(11-19)6-4-13/h3-8,10,16H,9,12,20H2,1-2H3. The number of methoxy groups -OCH3 is 2. The number of nitrogens with two attached hydrogens (primary N) is 1. The van der Waals surface area contributed by atoms with Gasteiger partial charge < -0.3 is 15.2 Å². The molecular weight excluding hydrogens is 276 g/mol. The molecule has 0 spiro atoms. The van der Waals surface area contributed by atoms with E-state index in [4.69, 9.17) is 20.5 Å². The van der Waals surface area contributed by atoms with Crippen LogP contribution in [-0.4, -0.2) is 20.8 Å². The highest BCUT2D eigenvalue weighted by Gasteiger charge is 2.14. The first-order valence-corrected chi connectivity index (χ1v) is 7.12. The Morgan fingerprint density at radius 1 is 1.05 bits per heavy atom. The zero-order valence-electron chi connectivity index (χ0n) is 12.9.